The average molecular weight is 477 g/mol. The third kappa shape index (κ3) is 4.11. The van der Waals surface area contributed by atoms with Gasteiger partial charge in [0.15, 0.2) is 0 Å². The molecule has 1 aliphatic rings. The molecule has 1 unspecified atom stereocenters. The fraction of sp³-hybridized carbons (Fsp3) is 0.382. The van der Waals surface area contributed by atoms with E-state index in [4.69, 9.17) is 4.98 Å². The summed E-state index contributed by atoms with van der Waals surface area (Å²) < 4.78 is 2.38. The van der Waals surface area contributed by atoms with Crippen LogP contribution in [0.15, 0.2) is 79.1 Å². The van der Waals surface area contributed by atoms with Crippen molar-refractivity contribution < 1.29 is 0 Å². The van der Waals surface area contributed by atoms with Gasteiger partial charge in [-0.2, -0.15) is 0 Å². The van der Waals surface area contributed by atoms with E-state index in [1.807, 2.05) is 6.20 Å². The Bertz CT molecular complexity index is 1320. The van der Waals surface area contributed by atoms with E-state index in [-0.39, 0.29) is 0 Å². The van der Waals surface area contributed by atoms with Gasteiger partial charge in [0.2, 0.25) is 0 Å². The molecule has 2 nitrogen and oxygen atoms in total. The molecule has 186 valence electrons. The minimum atomic E-state index is 0.293. The van der Waals surface area contributed by atoms with Crippen LogP contribution in [0.4, 0.5) is 0 Å². The average Bonchev–Trinajstić information content (AvgIpc) is 3.44. The summed E-state index contributed by atoms with van der Waals surface area (Å²) in [5.74, 6) is 2.62. The Labute approximate surface area is 217 Å². The van der Waals surface area contributed by atoms with E-state index in [9.17, 15) is 0 Å². The van der Waals surface area contributed by atoms with Gasteiger partial charge in [0.05, 0.1) is 5.69 Å². The molecule has 0 aliphatic heterocycles. The van der Waals surface area contributed by atoms with Gasteiger partial charge in [-0.15, -0.1) is 0 Å². The van der Waals surface area contributed by atoms with Gasteiger partial charge in [-0.25, -0.2) is 4.98 Å². The topological polar surface area (TPSA) is 17.8 Å². The van der Waals surface area contributed by atoms with Crippen molar-refractivity contribution in [1.82, 2.24) is 9.55 Å². The molecule has 0 radical (unpaired) electrons. The molecule has 1 saturated carbocycles. The Kier molecular flexibility index (Phi) is 6.64. The largest absolute Gasteiger partial charge is 0.299 e. The molecular weight excluding hydrogens is 436 g/mol. The molecule has 1 heterocycles. The third-order valence-electron chi connectivity index (χ3n) is 8.46. The summed E-state index contributed by atoms with van der Waals surface area (Å²) in [6.07, 6.45) is 7.87. The maximum absolute atomic E-state index is 4.99. The standard InChI is InChI=1S/C34H40N2/c1-7-27-22-34(27,8-2)31-17-13-12-16-28(31)33-35-18-19-36(33)32-29(23(3)4)20-26(21-30(32)24(5)6)25-14-10-9-11-15-25/h9-21,23-24,27H,7-8,22H2,1-6H3/t27-,34?/m0/s1. The van der Waals surface area contributed by atoms with Crippen LogP contribution < -0.4 is 0 Å². The molecule has 0 bridgehead atoms. The predicted molar refractivity (Wildman–Crippen MR) is 153 cm³/mol. The van der Waals surface area contributed by atoms with E-state index in [1.54, 1.807) is 0 Å². The molecule has 0 saturated heterocycles. The van der Waals surface area contributed by atoms with E-state index in [2.05, 4.69) is 119 Å². The Morgan fingerprint density at radius 1 is 0.861 bits per heavy atom. The molecule has 0 N–H and O–H groups in total. The number of rotatable bonds is 8. The van der Waals surface area contributed by atoms with E-state index >= 15 is 0 Å². The highest BCUT2D eigenvalue weighted by molar-refractivity contribution is 5.72. The fourth-order valence-corrected chi connectivity index (χ4v) is 6.30. The molecule has 0 spiro atoms. The Balaban J connectivity index is 1.73. The third-order valence-corrected chi connectivity index (χ3v) is 8.46. The zero-order valence-electron chi connectivity index (χ0n) is 22.8. The van der Waals surface area contributed by atoms with Gasteiger partial charge in [-0.05, 0) is 76.0 Å². The van der Waals surface area contributed by atoms with Gasteiger partial charge >= 0.3 is 0 Å². The number of hydrogen-bond acceptors (Lipinski definition) is 1. The van der Waals surface area contributed by atoms with Crippen molar-refractivity contribution in [2.75, 3.05) is 0 Å². The molecule has 1 aromatic heterocycles. The molecule has 1 aliphatic carbocycles. The summed E-state index contributed by atoms with van der Waals surface area (Å²) in [7, 11) is 0. The maximum atomic E-state index is 4.99. The zero-order valence-corrected chi connectivity index (χ0v) is 22.8. The molecule has 3 aromatic carbocycles. The highest BCUT2D eigenvalue weighted by Crippen LogP contribution is 2.60. The number of hydrogen-bond donors (Lipinski definition) is 0. The molecule has 2 atom stereocenters. The van der Waals surface area contributed by atoms with Gasteiger partial charge in [-0.1, -0.05) is 103 Å². The number of aromatic nitrogens is 2. The van der Waals surface area contributed by atoms with Crippen molar-refractivity contribution in [3.8, 4) is 28.2 Å². The summed E-state index contributed by atoms with van der Waals surface area (Å²) in [5, 5.41) is 0. The molecular formula is C34H40N2. The minimum absolute atomic E-state index is 0.293. The van der Waals surface area contributed by atoms with Crippen molar-refractivity contribution in [3.63, 3.8) is 0 Å². The summed E-state index contributed by atoms with van der Waals surface area (Å²) >= 11 is 0. The number of benzene rings is 3. The fourth-order valence-electron chi connectivity index (χ4n) is 6.30. The first-order valence-electron chi connectivity index (χ1n) is 13.8. The second-order valence-electron chi connectivity index (χ2n) is 11.2. The molecule has 5 rings (SSSR count). The Morgan fingerprint density at radius 2 is 1.50 bits per heavy atom. The van der Waals surface area contributed by atoms with Crippen LogP contribution in [-0.2, 0) is 5.41 Å². The van der Waals surface area contributed by atoms with E-state index in [1.165, 1.54) is 58.3 Å². The Hall–Kier alpha value is -3.13. The quantitative estimate of drug-likeness (QED) is 0.247. The molecule has 2 heteroatoms. The lowest BCUT2D eigenvalue weighted by Crippen LogP contribution is -2.13. The van der Waals surface area contributed by atoms with E-state index in [0.717, 1.165) is 11.7 Å². The van der Waals surface area contributed by atoms with Crippen LogP contribution in [0.2, 0.25) is 0 Å². The molecule has 36 heavy (non-hydrogen) atoms. The lowest BCUT2D eigenvalue weighted by Gasteiger charge is -2.25. The lowest BCUT2D eigenvalue weighted by molar-refractivity contribution is 0.572. The summed E-state index contributed by atoms with van der Waals surface area (Å²) in [6.45, 7) is 13.9. The second kappa shape index (κ2) is 9.73. The first-order chi connectivity index (χ1) is 17.4. The minimum Gasteiger partial charge on any atom is -0.299 e. The van der Waals surface area contributed by atoms with Crippen LogP contribution >= 0.6 is 0 Å². The normalized spacial score (nSPS) is 19.3. The first-order valence-corrected chi connectivity index (χ1v) is 13.8. The van der Waals surface area contributed by atoms with Crippen LogP contribution in [0.3, 0.4) is 0 Å². The zero-order chi connectivity index (χ0) is 25.4. The monoisotopic (exact) mass is 476 g/mol. The number of nitrogens with zero attached hydrogens (tertiary/aromatic N) is 2. The van der Waals surface area contributed by atoms with Crippen LogP contribution in [0, 0.1) is 5.92 Å². The lowest BCUT2D eigenvalue weighted by atomic mass is 9.85. The SMILES string of the molecule is CC[C@H]1CC1(CC)c1ccccc1-c1nccn1-c1c(C(C)C)cc(-c2ccccc2)cc1C(C)C. The van der Waals surface area contributed by atoms with E-state index in [0.29, 0.717) is 17.3 Å². The van der Waals surface area contributed by atoms with Gasteiger partial charge < -0.3 is 0 Å². The summed E-state index contributed by atoms with van der Waals surface area (Å²) in [4.78, 5) is 4.99. The molecule has 0 amide bonds. The number of imidazole rings is 1. The smallest absolute Gasteiger partial charge is 0.144 e. The van der Waals surface area contributed by atoms with Crippen molar-refractivity contribution in [3.05, 3.63) is 95.8 Å². The van der Waals surface area contributed by atoms with Gasteiger partial charge in [0, 0.05) is 18.0 Å². The summed E-state index contributed by atoms with van der Waals surface area (Å²) in [5.41, 5.74) is 9.67. The maximum Gasteiger partial charge on any atom is 0.144 e. The van der Waals surface area contributed by atoms with Crippen molar-refractivity contribution in [2.45, 2.75) is 78.1 Å². The van der Waals surface area contributed by atoms with Crippen LogP contribution in [0.1, 0.15) is 89.3 Å². The van der Waals surface area contributed by atoms with Crippen molar-refractivity contribution >= 4 is 0 Å². The van der Waals surface area contributed by atoms with Gasteiger partial charge in [0.1, 0.15) is 5.82 Å². The molecule has 1 fully saturated rings. The van der Waals surface area contributed by atoms with Gasteiger partial charge in [-0.3, -0.25) is 4.57 Å². The van der Waals surface area contributed by atoms with E-state index < -0.39 is 0 Å². The van der Waals surface area contributed by atoms with Gasteiger partial charge in [0.25, 0.3) is 0 Å². The molecule has 4 aromatic rings. The Morgan fingerprint density at radius 3 is 2.08 bits per heavy atom. The van der Waals surface area contributed by atoms with Crippen LogP contribution in [0.5, 0.6) is 0 Å². The highest BCUT2D eigenvalue weighted by atomic mass is 15.1. The highest BCUT2D eigenvalue weighted by Gasteiger charge is 2.53. The van der Waals surface area contributed by atoms with Crippen LogP contribution in [0.25, 0.3) is 28.2 Å². The second-order valence-corrected chi connectivity index (χ2v) is 11.2. The van der Waals surface area contributed by atoms with Crippen LogP contribution in [-0.4, -0.2) is 9.55 Å². The summed E-state index contributed by atoms with van der Waals surface area (Å²) in [6, 6.07) is 24.6. The predicted octanol–water partition coefficient (Wildman–Crippen LogP) is 9.53. The van der Waals surface area contributed by atoms with Crippen molar-refractivity contribution in [2.24, 2.45) is 5.92 Å². The van der Waals surface area contributed by atoms with Crippen molar-refractivity contribution in [1.29, 1.82) is 0 Å². The first kappa shape index (κ1) is 24.6.